The molecule has 0 rings (SSSR count). The van der Waals surface area contributed by atoms with Crippen LogP contribution >= 0.6 is 0 Å². The second kappa shape index (κ2) is 8.55. The zero-order valence-corrected chi connectivity index (χ0v) is 10.3. The van der Waals surface area contributed by atoms with Gasteiger partial charge in [0, 0.05) is 18.9 Å². The molecule has 98 valence electrons. The molecular weight excluding hydrogens is 224 g/mol. The summed E-state index contributed by atoms with van der Waals surface area (Å²) >= 11 is 0. The molecule has 0 aromatic heterocycles. The van der Waals surface area contributed by atoms with E-state index in [4.69, 9.17) is 5.11 Å². The van der Waals surface area contributed by atoms with Gasteiger partial charge < -0.3 is 15.7 Å². The summed E-state index contributed by atoms with van der Waals surface area (Å²) < 4.78 is 0. The van der Waals surface area contributed by atoms with E-state index in [-0.39, 0.29) is 37.2 Å². The highest BCUT2D eigenvalue weighted by Crippen LogP contribution is 1.99. The second-order valence-corrected chi connectivity index (χ2v) is 4.10. The second-order valence-electron chi connectivity index (χ2n) is 4.10. The lowest BCUT2D eigenvalue weighted by molar-refractivity contribution is -0.137. The number of nitrogens with one attached hydrogen (secondary N) is 2. The monoisotopic (exact) mass is 244 g/mol. The van der Waals surface area contributed by atoms with E-state index in [2.05, 4.69) is 10.6 Å². The molecule has 0 aliphatic heterocycles. The highest BCUT2D eigenvalue weighted by molar-refractivity contribution is 5.84. The first-order valence-electron chi connectivity index (χ1n) is 5.69. The summed E-state index contributed by atoms with van der Waals surface area (Å²) in [6, 6.07) is 0.0509. The number of carbonyl (C=O) groups is 3. The number of amides is 2. The Bertz CT molecular complexity index is 277. The fourth-order valence-electron chi connectivity index (χ4n) is 1.20. The Morgan fingerprint density at radius 3 is 2.18 bits per heavy atom. The van der Waals surface area contributed by atoms with E-state index in [0.29, 0.717) is 12.8 Å². The number of hydrogen-bond donors (Lipinski definition) is 3. The molecule has 2 amide bonds. The molecule has 0 saturated heterocycles. The van der Waals surface area contributed by atoms with E-state index in [9.17, 15) is 14.4 Å². The van der Waals surface area contributed by atoms with Gasteiger partial charge in [-0.1, -0.05) is 0 Å². The van der Waals surface area contributed by atoms with Crippen molar-refractivity contribution in [3.63, 3.8) is 0 Å². The third-order valence-corrected chi connectivity index (χ3v) is 1.94. The SMILES string of the molecule is CC(C)NC(=O)CNC(=O)CCCCC(=O)O. The first-order valence-corrected chi connectivity index (χ1v) is 5.69. The quantitative estimate of drug-likeness (QED) is 0.534. The summed E-state index contributed by atoms with van der Waals surface area (Å²) in [7, 11) is 0. The van der Waals surface area contributed by atoms with Crippen molar-refractivity contribution in [2.45, 2.75) is 45.6 Å². The van der Waals surface area contributed by atoms with Crippen LogP contribution in [0, 0.1) is 0 Å². The van der Waals surface area contributed by atoms with Gasteiger partial charge in [-0.15, -0.1) is 0 Å². The Morgan fingerprint density at radius 2 is 1.65 bits per heavy atom. The molecule has 0 saturated carbocycles. The number of unbranched alkanes of at least 4 members (excludes halogenated alkanes) is 1. The van der Waals surface area contributed by atoms with E-state index in [1.807, 2.05) is 13.8 Å². The van der Waals surface area contributed by atoms with Crippen molar-refractivity contribution >= 4 is 17.8 Å². The summed E-state index contributed by atoms with van der Waals surface area (Å²) in [5.74, 6) is -1.31. The summed E-state index contributed by atoms with van der Waals surface area (Å²) in [5, 5.41) is 13.5. The lowest BCUT2D eigenvalue weighted by atomic mass is 10.2. The predicted molar refractivity (Wildman–Crippen MR) is 62.4 cm³/mol. The molecule has 6 nitrogen and oxygen atoms in total. The van der Waals surface area contributed by atoms with Gasteiger partial charge in [-0.05, 0) is 26.7 Å². The molecule has 17 heavy (non-hydrogen) atoms. The van der Waals surface area contributed by atoms with Crippen LogP contribution in [0.25, 0.3) is 0 Å². The summed E-state index contributed by atoms with van der Waals surface area (Å²) in [4.78, 5) is 32.6. The molecule has 0 aromatic rings. The van der Waals surface area contributed by atoms with Crippen LogP contribution in [0.5, 0.6) is 0 Å². The Balaban J connectivity index is 3.52. The van der Waals surface area contributed by atoms with Crippen molar-refractivity contribution in [3.8, 4) is 0 Å². The van der Waals surface area contributed by atoms with Crippen molar-refractivity contribution in [1.29, 1.82) is 0 Å². The van der Waals surface area contributed by atoms with Gasteiger partial charge in [0.15, 0.2) is 0 Å². The number of carboxylic acid groups (broad SMARTS) is 1. The van der Waals surface area contributed by atoms with E-state index >= 15 is 0 Å². The van der Waals surface area contributed by atoms with Gasteiger partial charge in [-0.3, -0.25) is 14.4 Å². The number of rotatable bonds is 8. The van der Waals surface area contributed by atoms with Crippen LogP contribution in [0.15, 0.2) is 0 Å². The van der Waals surface area contributed by atoms with Gasteiger partial charge in [0.05, 0.1) is 6.54 Å². The summed E-state index contributed by atoms with van der Waals surface area (Å²) in [5.41, 5.74) is 0. The van der Waals surface area contributed by atoms with Crippen molar-refractivity contribution in [1.82, 2.24) is 10.6 Å². The predicted octanol–water partition coefficient (Wildman–Crippen LogP) is 0.272. The molecule has 6 heteroatoms. The van der Waals surface area contributed by atoms with Crippen LogP contribution in [0.1, 0.15) is 39.5 Å². The molecular formula is C11H20N2O4. The van der Waals surface area contributed by atoms with Crippen LogP contribution in [-0.2, 0) is 14.4 Å². The number of carboxylic acids is 1. The maximum Gasteiger partial charge on any atom is 0.303 e. The zero-order chi connectivity index (χ0) is 13.3. The molecule has 0 radical (unpaired) electrons. The van der Waals surface area contributed by atoms with Gasteiger partial charge in [0.1, 0.15) is 0 Å². The van der Waals surface area contributed by atoms with Gasteiger partial charge in [-0.25, -0.2) is 0 Å². The third-order valence-electron chi connectivity index (χ3n) is 1.94. The Hall–Kier alpha value is -1.59. The Labute approximate surface area is 101 Å². The molecule has 0 bridgehead atoms. The van der Waals surface area contributed by atoms with Crippen LogP contribution < -0.4 is 10.6 Å². The lowest BCUT2D eigenvalue weighted by Crippen LogP contribution is -2.39. The van der Waals surface area contributed by atoms with Crippen molar-refractivity contribution in [2.75, 3.05) is 6.54 Å². The van der Waals surface area contributed by atoms with Crippen LogP contribution in [0.4, 0.5) is 0 Å². The van der Waals surface area contributed by atoms with Crippen LogP contribution in [-0.4, -0.2) is 35.5 Å². The largest absolute Gasteiger partial charge is 0.481 e. The van der Waals surface area contributed by atoms with Crippen molar-refractivity contribution < 1.29 is 19.5 Å². The first kappa shape index (κ1) is 15.4. The average molecular weight is 244 g/mol. The number of carbonyl (C=O) groups excluding carboxylic acids is 2. The minimum Gasteiger partial charge on any atom is -0.481 e. The lowest BCUT2D eigenvalue weighted by Gasteiger charge is -2.09. The normalized spacial score (nSPS) is 10.1. The van der Waals surface area contributed by atoms with E-state index in [0.717, 1.165) is 0 Å². The molecule has 0 aliphatic carbocycles. The topological polar surface area (TPSA) is 95.5 Å². The molecule has 0 aliphatic rings. The van der Waals surface area contributed by atoms with Crippen LogP contribution in [0.3, 0.4) is 0 Å². The standard InChI is InChI=1S/C11H20N2O4/c1-8(2)13-10(15)7-12-9(14)5-3-4-6-11(16)17/h8H,3-7H2,1-2H3,(H,12,14)(H,13,15)(H,16,17). The minimum absolute atomic E-state index is 0.0318. The van der Waals surface area contributed by atoms with Crippen molar-refractivity contribution in [2.24, 2.45) is 0 Å². The molecule has 3 N–H and O–H groups in total. The number of aliphatic carboxylic acids is 1. The van der Waals surface area contributed by atoms with E-state index < -0.39 is 5.97 Å². The fourth-order valence-corrected chi connectivity index (χ4v) is 1.20. The summed E-state index contributed by atoms with van der Waals surface area (Å²) in [6.07, 6.45) is 1.31. The maximum atomic E-state index is 11.2. The molecule has 0 spiro atoms. The summed E-state index contributed by atoms with van der Waals surface area (Å²) in [6.45, 7) is 3.65. The molecule has 0 unspecified atom stereocenters. The minimum atomic E-state index is -0.860. The van der Waals surface area contributed by atoms with Crippen molar-refractivity contribution in [3.05, 3.63) is 0 Å². The third kappa shape index (κ3) is 10.7. The van der Waals surface area contributed by atoms with Crippen LogP contribution in [0.2, 0.25) is 0 Å². The molecule has 0 fully saturated rings. The van der Waals surface area contributed by atoms with Gasteiger partial charge >= 0.3 is 5.97 Å². The van der Waals surface area contributed by atoms with Gasteiger partial charge in [0.25, 0.3) is 0 Å². The Kier molecular flexibility index (Phi) is 7.75. The highest BCUT2D eigenvalue weighted by atomic mass is 16.4. The van der Waals surface area contributed by atoms with E-state index in [1.54, 1.807) is 0 Å². The van der Waals surface area contributed by atoms with E-state index in [1.165, 1.54) is 0 Å². The number of hydrogen-bond acceptors (Lipinski definition) is 3. The average Bonchev–Trinajstić information content (AvgIpc) is 2.20. The van der Waals surface area contributed by atoms with Gasteiger partial charge in [-0.2, -0.15) is 0 Å². The molecule has 0 heterocycles. The first-order chi connectivity index (χ1) is 7.91. The molecule has 0 aromatic carbocycles. The zero-order valence-electron chi connectivity index (χ0n) is 10.3. The highest BCUT2D eigenvalue weighted by Gasteiger charge is 2.06. The van der Waals surface area contributed by atoms with Gasteiger partial charge in [0.2, 0.25) is 11.8 Å². The maximum absolute atomic E-state index is 11.2. The Morgan fingerprint density at radius 1 is 1.06 bits per heavy atom. The molecule has 0 atom stereocenters. The fraction of sp³-hybridized carbons (Fsp3) is 0.727. The smallest absolute Gasteiger partial charge is 0.303 e.